The van der Waals surface area contributed by atoms with E-state index in [9.17, 15) is 4.79 Å². The van der Waals surface area contributed by atoms with Crippen molar-refractivity contribution in [1.29, 1.82) is 0 Å². The number of benzene rings is 1. The maximum absolute atomic E-state index is 12.0. The Hall–Kier alpha value is -0.860. The average molecular weight is 252 g/mol. The van der Waals surface area contributed by atoms with Crippen molar-refractivity contribution in [1.82, 2.24) is 4.90 Å². The van der Waals surface area contributed by atoms with Crippen molar-refractivity contribution < 1.29 is 4.79 Å². The van der Waals surface area contributed by atoms with Gasteiger partial charge in [0.15, 0.2) is 5.78 Å². The lowest BCUT2D eigenvalue weighted by Gasteiger charge is -2.29. The van der Waals surface area contributed by atoms with Gasteiger partial charge in [-0.1, -0.05) is 18.0 Å². The molecule has 17 heavy (non-hydrogen) atoms. The fourth-order valence-corrected chi connectivity index (χ4v) is 2.28. The third kappa shape index (κ3) is 3.55. The normalized spacial score (nSPS) is 15.9. The van der Waals surface area contributed by atoms with E-state index >= 15 is 0 Å². The van der Waals surface area contributed by atoms with Crippen LogP contribution in [0.4, 0.5) is 0 Å². The van der Waals surface area contributed by atoms with Crippen molar-refractivity contribution >= 4 is 17.4 Å². The van der Waals surface area contributed by atoms with Gasteiger partial charge in [-0.05, 0) is 50.1 Å². The molecular formula is C14H18ClNO. The predicted octanol–water partition coefficient (Wildman–Crippen LogP) is 3.25. The minimum Gasteiger partial charge on any atom is -0.299 e. The maximum atomic E-state index is 12.0. The molecule has 1 saturated carbocycles. The van der Waals surface area contributed by atoms with Crippen LogP contribution in [0.2, 0.25) is 5.02 Å². The zero-order valence-corrected chi connectivity index (χ0v) is 10.9. The summed E-state index contributed by atoms with van der Waals surface area (Å²) in [6.07, 6.45) is 3.99. The Morgan fingerprint density at radius 2 is 2.00 bits per heavy atom. The highest BCUT2D eigenvalue weighted by Gasteiger charge is 2.20. The summed E-state index contributed by atoms with van der Waals surface area (Å²) in [7, 11) is 2.02. The second-order valence-electron chi connectivity index (χ2n) is 4.92. The first-order chi connectivity index (χ1) is 8.15. The fraction of sp³-hybridized carbons (Fsp3) is 0.500. The summed E-state index contributed by atoms with van der Waals surface area (Å²) in [5.41, 5.74) is 0.745. The number of halogens is 1. The Kier molecular flexibility index (Phi) is 4.19. The van der Waals surface area contributed by atoms with Crippen LogP contribution in [0.5, 0.6) is 0 Å². The van der Waals surface area contributed by atoms with Crippen molar-refractivity contribution in [2.45, 2.75) is 19.3 Å². The molecule has 0 amide bonds. The largest absolute Gasteiger partial charge is 0.299 e. The molecule has 0 heterocycles. The topological polar surface area (TPSA) is 20.3 Å². The number of hydrogen-bond acceptors (Lipinski definition) is 2. The second-order valence-corrected chi connectivity index (χ2v) is 5.36. The molecule has 0 spiro atoms. The van der Waals surface area contributed by atoms with Crippen LogP contribution in [-0.2, 0) is 0 Å². The van der Waals surface area contributed by atoms with E-state index in [2.05, 4.69) is 4.90 Å². The van der Waals surface area contributed by atoms with Gasteiger partial charge in [-0.3, -0.25) is 9.69 Å². The molecule has 1 aliphatic rings. The number of ketones is 1. The van der Waals surface area contributed by atoms with Crippen LogP contribution in [0.15, 0.2) is 24.3 Å². The third-order valence-corrected chi connectivity index (χ3v) is 3.63. The minimum absolute atomic E-state index is 0.170. The van der Waals surface area contributed by atoms with Gasteiger partial charge in [-0.2, -0.15) is 0 Å². The van der Waals surface area contributed by atoms with Gasteiger partial charge in [0, 0.05) is 17.1 Å². The van der Waals surface area contributed by atoms with Crippen LogP contribution < -0.4 is 0 Å². The standard InChI is InChI=1S/C14H18ClNO/c1-16(9-11-3-2-4-11)10-14(17)12-5-7-13(15)8-6-12/h5-8,11H,2-4,9-10H2,1H3. The van der Waals surface area contributed by atoms with Crippen LogP contribution in [0.3, 0.4) is 0 Å². The van der Waals surface area contributed by atoms with Crippen LogP contribution in [0.25, 0.3) is 0 Å². The summed E-state index contributed by atoms with van der Waals surface area (Å²) in [4.78, 5) is 14.1. The summed E-state index contributed by atoms with van der Waals surface area (Å²) < 4.78 is 0. The Morgan fingerprint density at radius 1 is 1.35 bits per heavy atom. The fourth-order valence-electron chi connectivity index (χ4n) is 2.15. The third-order valence-electron chi connectivity index (χ3n) is 3.37. The van der Waals surface area contributed by atoms with E-state index in [0.717, 1.165) is 18.0 Å². The van der Waals surface area contributed by atoms with E-state index in [0.29, 0.717) is 11.6 Å². The first-order valence-electron chi connectivity index (χ1n) is 6.12. The molecular weight excluding hydrogens is 234 g/mol. The lowest BCUT2D eigenvalue weighted by atomic mass is 9.85. The van der Waals surface area contributed by atoms with Crippen molar-refractivity contribution in [2.24, 2.45) is 5.92 Å². The van der Waals surface area contributed by atoms with Crippen LogP contribution in [-0.4, -0.2) is 30.8 Å². The van der Waals surface area contributed by atoms with Crippen molar-refractivity contribution in [3.8, 4) is 0 Å². The first-order valence-corrected chi connectivity index (χ1v) is 6.50. The number of nitrogens with zero attached hydrogens (tertiary/aromatic N) is 1. The van der Waals surface area contributed by atoms with Gasteiger partial charge < -0.3 is 0 Å². The van der Waals surface area contributed by atoms with Crippen molar-refractivity contribution in [2.75, 3.05) is 20.1 Å². The molecule has 2 rings (SSSR count). The highest BCUT2D eigenvalue weighted by atomic mass is 35.5. The molecule has 0 atom stereocenters. The van der Waals surface area contributed by atoms with E-state index in [1.165, 1.54) is 19.3 Å². The lowest BCUT2D eigenvalue weighted by Crippen LogP contribution is -2.33. The zero-order valence-electron chi connectivity index (χ0n) is 10.2. The molecule has 1 aromatic carbocycles. The predicted molar refractivity (Wildman–Crippen MR) is 70.6 cm³/mol. The second kappa shape index (κ2) is 5.65. The number of Topliss-reactive ketones (excluding diaryl/α,β-unsaturated/α-hetero) is 1. The van der Waals surface area contributed by atoms with E-state index in [-0.39, 0.29) is 5.78 Å². The van der Waals surface area contributed by atoms with Gasteiger partial charge >= 0.3 is 0 Å². The highest BCUT2D eigenvalue weighted by Crippen LogP contribution is 2.26. The van der Waals surface area contributed by atoms with Gasteiger partial charge in [0.2, 0.25) is 0 Å². The lowest BCUT2D eigenvalue weighted by molar-refractivity contribution is 0.0925. The van der Waals surface area contributed by atoms with E-state index in [4.69, 9.17) is 11.6 Å². The molecule has 0 aromatic heterocycles. The average Bonchev–Trinajstić information content (AvgIpc) is 2.24. The number of rotatable bonds is 5. The summed E-state index contributed by atoms with van der Waals surface area (Å²) in [5.74, 6) is 0.974. The molecule has 1 aliphatic carbocycles. The number of likely N-dealkylation sites (N-methyl/N-ethyl adjacent to an activating group) is 1. The highest BCUT2D eigenvalue weighted by molar-refractivity contribution is 6.30. The molecule has 0 bridgehead atoms. The molecule has 1 fully saturated rings. The monoisotopic (exact) mass is 251 g/mol. The van der Waals surface area contributed by atoms with E-state index < -0.39 is 0 Å². The zero-order chi connectivity index (χ0) is 12.3. The summed E-state index contributed by atoms with van der Waals surface area (Å²) >= 11 is 5.80. The number of carbonyl (C=O) groups is 1. The Balaban J connectivity index is 1.85. The molecule has 3 heteroatoms. The molecule has 92 valence electrons. The van der Waals surface area contributed by atoms with E-state index in [1.807, 2.05) is 7.05 Å². The molecule has 0 saturated heterocycles. The van der Waals surface area contributed by atoms with Crippen molar-refractivity contribution in [3.63, 3.8) is 0 Å². The van der Waals surface area contributed by atoms with Gasteiger partial charge in [-0.25, -0.2) is 0 Å². The van der Waals surface area contributed by atoms with Crippen LogP contribution >= 0.6 is 11.6 Å². The quantitative estimate of drug-likeness (QED) is 0.749. The van der Waals surface area contributed by atoms with Gasteiger partial charge in [0.25, 0.3) is 0 Å². The molecule has 2 nitrogen and oxygen atoms in total. The molecule has 1 aromatic rings. The molecule has 0 radical (unpaired) electrons. The Morgan fingerprint density at radius 3 is 2.53 bits per heavy atom. The summed E-state index contributed by atoms with van der Waals surface area (Å²) in [6.45, 7) is 1.54. The van der Waals surface area contributed by atoms with Gasteiger partial charge in [0.05, 0.1) is 6.54 Å². The van der Waals surface area contributed by atoms with Crippen LogP contribution in [0.1, 0.15) is 29.6 Å². The van der Waals surface area contributed by atoms with Crippen molar-refractivity contribution in [3.05, 3.63) is 34.9 Å². The van der Waals surface area contributed by atoms with Crippen LogP contribution in [0, 0.1) is 5.92 Å². The Bertz CT molecular complexity index is 384. The van der Waals surface area contributed by atoms with E-state index in [1.54, 1.807) is 24.3 Å². The summed E-state index contributed by atoms with van der Waals surface area (Å²) in [5, 5.41) is 0.671. The summed E-state index contributed by atoms with van der Waals surface area (Å²) in [6, 6.07) is 7.12. The molecule has 0 unspecified atom stereocenters. The SMILES string of the molecule is CN(CC(=O)c1ccc(Cl)cc1)CC1CCC1. The maximum Gasteiger partial charge on any atom is 0.176 e. The van der Waals surface area contributed by atoms with Gasteiger partial charge in [-0.15, -0.1) is 0 Å². The number of carbonyl (C=O) groups excluding carboxylic acids is 1. The van der Waals surface area contributed by atoms with Gasteiger partial charge in [0.1, 0.15) is 0 Å². The minimum atomic E-state index is 0.170. The smallest absolute Gasteiger partial charge is 0.176 e. The molecule has 0 N–H and O–H groups in total. The molecule has 0 aliphatic heterocycles. The number of hydrogen-bond donors (Lipinski definition) is 0. The Labute approximate surface area is 108 Å². The first kappa shape index (κ1) is 12.6.